The highest BCUT2D eigenvalue weighted by molar-refractivity contribution is 6.31. The van der Waals surface area contributed by atoms with E-state index in [-0.39, 0.29) is 6.04 Å². The number of halogens is 2. The van der Waals surface area contributed by atoms with Crippen LogP contribution in [0.15, 0.2) is 97.1 Å². The zero-order chi connectivity index (χ0) is 23.3. The largest absolute Gasteiger partial charge is 0.306 e. The molecule has 4 heteroatoms. The fraction of sp³-hybridized carbons (Fsp3) is 0.200. The number of benzene rings is 4. The number of hydrogen-bond donors (Lipinski definition) is 2. The molecule has 34 heavy (non-hydrogen) atoms. The average molecular weight is 487 g/mol. The van der Waals surface area contributed by atoms with Crippen LogP contribution in [-0.4, -0.2) is 13.1 Å². The predicted molar refractivity (Wildman–Crippen MR) is 143 cm³/mol. The van der Waals surface area contributed by atoms with Crippen molar-refractivity contribution in [3.8, 4) is 0 Å². The van der Waals surface area contributed by atoms with Gasteiger partial charge in [0.1, 0.15) is 0 Å². The van der Waals surface area contributed by atoms with Gasteiger partial charge in [-0.15, -0.1) is 0 Å². The molecule has 0 aliphatic carbocycles. The highest BCUT2D eigenvalue weighted by Crippen LogP contribution is 2.34. The first-order valence-corrected chi connectivity index (χ1v) is 12.6. The third-order valence-corrected chi connectivity index (χ3v) is 7.16. The second-order valence-electron chi connectivity index (χ2n) is 8.75. The maximum absolute atomic E-state index is 6.35. The molecule has 2 nitrogen and oxygen atoms in total. The second-order valence-corrected chi connectivity index (χ2v) is 9.60. The smallest absolute Gasteiger partial charge is 0.0594 e. The van der Waals surface area contributed by atoms with Crippen LogP contribution in [0.3, 0.4) is 0 Å². The first-order chi connectivity index (χ1) is 16.7. The fourth-order valence-corrected chi connectivity index (χ4v) is 5.48. The Morgan fingerprint density at radius 2 is 1.21 bits per heavy atom. The maximum atomic E-state index is 6.35. The first kappa shape index (κ1) is 23.1. The van der Waals surface area contributed by atoms with E-state index in [4.69, 9.17) is 23.2 Å². The fourth-order valence-electron chi connectivity index (χ4n) is 4.98. The summed E-state index contributed by atoms with van der Waals surface area (Å²) in [5.41, 5.74) is 7.92. The van der Waals surface area contributed by atoms with Gasteiger partial charge in [0.25, 0.3) is 0 Å². The van der Waals surface area contributed by atoms with Gasteiger partial charge >= 0.3 is 0 Å². The molecular formula is C30H28Cl2N2. The van der Waals surface area contributed by atoms with E-state index in [1.54, 1.807) is 0 Å². The Kier molecular flexibility index (Phi) is 7.32. The van der Waals surface area contributed by atoms with Crippen molar-refractivity contribution in [2.24, 2.45) is 0 Å². The number of fused-ring (bicyclic) bond motifs is 2. The van der Waals surface area contributed by atoms with E-state index >= 15 is 0 Å². The van der Waals surface area contributed by atoms with Gasteiger partial charge in [-0.05, 0) is 64.4 Å². The Balaban J connectivity index is 0.000000142. The molecule has 2 atom stereocenters. The standard InChI is InChI=1S/2C15H14ClN/c16-13-8-4-7-11-9-10-17-15(14(11)13)12-5-2-1-3-6-12;16-13-6-7-14-12(10-13)8-9-17-15(14)11-4-2-1-3-5-11/h1-8,15,17H,9-10H2;1-7,10,15,17H,8-9H2. The molecule has 4 aromatic rings. The molecule has 6 rings (SSSR count). The van der Waals surface area contributed by atoms with E-state index in [2.05, 4.69) is 83.4 Å². The summed E-state index contributed by atoms with van der Waals surface area (Å²) in [5.74, 6) is 0. The van der Waals surface area contributed by atoms with E-state index in [0.29, 0.717) is 6.04 Å². The van der Waals surface area contributed by atoms with Crippen LogP contribution in [-0.2, 0) is 12.8 Å². The van der Waals surface area contributed by atoms with Crippen molar-refractivity contribution in [2.75, 3.05) is 13.1 Å². The predicted octanol–water partition coefficient (Wildman–Crippen LogP) is 7.15. The lowest BCUT2D eigenvalue weighted by atomic mass is 9.90. The highest BCUT2D eigenvalue weighted by atomic mass is 35.5. The highest BCUT2D eigenvalue weighted by Gasteiger charge is 2.23. The van der Waals surface area contributed by atoms with Crippen molar-refractivity contribution in [1.82, 2.24) is 10.6 Å². The van der Waals surface area contributed by atoms with Crippen molar-refractivity contribution in [3.05, 3.63) is 140 Å². The van der Waals surface area contributed by atoms with Crippen LogP contribution in [0.4, 0.5) is 0 Å². The Morgan fingerprint density at radius 1 is 0.588 bits per heavy atom. The molecular weight excluding hydrogens is 459 g/mol. The Labute approximate surface area is 211 Å². The van der Waals surface area contributed by atoms with Gasteiger partial charge in [-0.1, -0.05) is 102 Å². The molecule has 0 amide bonds. The van der Waals surface area contributed by atoms with Gasteiger partial charge in [0.2, 0.25) is 0 Å². The Bertz CT molecular complexity index is 1240. The van der Waals surface area contributed by atoms with Crippen molar-refractivity contribution in [3.63, 3.8) is 0 Å². The van der Waals surface area contributed by atoms with Gasteiger partial charge < -0.3 is 10.6 Å². The lowest BCUT2D eigenvalue weighted by Crippen LogP contribution is -2.30. The van der Waals surface area contributed by atoms with Crippen LogP contribution in [0, 0.1) is 0 Å². The molecule has 2 N–H and O–H groups in total. The van der Waals surface area contributed by atoms with Gasteiger partial charge in [-0.3, -0.25) is 0 Å². The van der Waals surface area contributed by atoms with Crippen LogP contribution >= 0.6 is 23.2 Å². The molecule has 2 unspecified atom stereocenters. The van der Waals surface area contributed by atoms with E-state index in [1.165, 1.54) is 33.4 Å². The first-order valence-electron chi connectivity index (χ1n) is 11.8. The zero-order valence-electron chi connectivity index (χ0n) is 19.0. The Hall–Kier alpha value is -2.62. The van der Waals surface area contributed by atoms with Crippen LogP contribution in [0.2, 0.25) is 10.0 Å². The van der Waals surface area contributed by atoms with E-state index in [0.717, 1.165) is 36.0 Å². The quantitative estimate of drug-likeness (QED) is 0.314. The minimum atomic E-state index is 0.230. The normalized spacial score (nSPS) is 18.8. The van der Waals surface area contributed by atoms with Crippen molar-refractivity contribution < 1.29 is 0 Å². The van der Waals surface area contributed by atoms with E-state index in [9.17, 15) is 0 Å². The summed E-state index contributed by atoms with van der Waals surface area (Å²) >= 11 is 12.4. The molecule has 172 valence electrons. The summed E-state index contributed by atoms with van der Waals surface area (Å²) in [6, 6.07) is 34.0. The average Bonchev–Trinajstić information content (AvgIpc) is 2.89. The third-order valence-electron chi connectivity index (χ3n) is 6.60. The lowest BCUT2D eigenvalue weighted by Gasteiger charge is -2.28. The molecule has 2 aliphatic heterocycles. The van der Waals surface area contributed by atoms with Gasteiger partial charge in [-0.2, -0.15) is 0 Å². The summed E-state index contributed by atoms with van der Waals surface area (Å²) in [4.78, 5) is 0. The number of rotatable bonds is 2. The van der Waals surface area contributed by atoms with Gasteiger partial charge in [0, 0.05) is 23.1 Å². The molecule has 0 radical (unpaired) electrons. The summed E-state index contributed by atoms with van der Waals surface area (Å²) in [6.07, 6.45) is 2.11. The van der Waals surface area contributed by atoms with Crippen LogP contribution in [0.1, 0.15) is 45.5 Å². The lowest BCUT2D eigenvalue weighted by molar-refractivity contribution is 0.568. The minimum Gasteiger partial charge on any atom is -0.306 e. The van der Waals surface area contributed by atoms with Crippen LogP contribution in [0.5, 0.6) is 0 Å². The molecule has 0 saturated heterocycles. The molecule has 2 heterocycles. The zero-order valence-corrected chi connectivity index (χ0v) is 20.5. The maximum Gasteiger partial charge on any atom is 0.0594 e. The van der Waals surface area contributed by atoms with Crippen molar-refractivity contribution >= 4 is 23.2 Å². The number of nitrogens with one attached hydrogen (secondary N) is 2. The summed E-state index contributed by atoms with van der Waals surface area (Å²) in [5, 5.41) is 8.81. The minimum absolute atomic E-state index is 0.230. The van der Waals surface area contributed by atoms with Gasteiger partial charge in [-0.25, -0.2) is 0 Å². The topological polar surface area (TPSA) is 24.1 Å². The summed E-state index contributed by atoms with van der Waals surface area (Å²) in [7, 11) is 0. The number of hydrogen-bond acceptors (Lipinski definition) is 2. The van der Waals surface area contributed by atoms with Gasteiger partial charge in [0.15, 0.2) is 0 Å². The van der Waals surface area contributed by atoms with E-state index in [1.807, 2.05) is 24.3 Å². The third kappa shape index (κ3) is 5.06. The van der Waals surface area contributed by atoms with Crippen molar-refractivity contribution in [2.45, 2.75) is 24.9 Å². The molecule has 0 spiro atoms. The Morgan fingerprint density at radius 3 is 1.91 bits per heavy atom. The van der Waals surface area contributed by atoms with Gasteiger partial charge in [0.05, 0.1) is 12.1 Å². The summed E-state index contributed by atoms with van der Waals surface area (Å²) < 4.78 is 0. The molecule has 0 aromatic heterocycles. The van der Waals surface area contributed by atoms with Crippen molar-refractivity contribution in [1.29, 1.82) is 0 Å². The van der Waals surface area contributed by atoms with Crippen LogP contribution < -0.4 is 10.6 Å². The van der Waals surface area contributed by atoms with E-state index < -0.39 is 0 Å². The SMILES string of the molecule is Clc1ccc2c(c1)CCNC2c1ccccc1.Clc1cccc2c1C(c1ccccc1)NCC2. The monoisotopic (exact) mass is 486 g/mol. The molecule has 4 aromatic carbocycles. The van der Waals surface area contributed by atoms with Crippen LogP contribution in [0.25, 0.3) is 0 Å². The molecule has 0 saturated carbocycles. The second kappa shape index (κ2) is 10.8. The molecule has 0 bridgehead atoms. The summed E-state index contributed by atoms with van der Waals surface area (Å²) in [6.45, 7) is 2.01. The molecule has 2 aliphatic rings. The molecule has 0 fully saturated rings.